The van der Waals surface area contributed by atoms with E-state index in [0.29, 0.717) is 24.7 Å². The van der Waals surface area contributed by atoms with Gasteiger partial charge in [-0.25, -0.2) is 0 Å². The van der Waals surface area contributed by atoms with Crippen LogP contribution in [0.25, 0.3) is 0 Å². The van der Waals surface area contributed by atoms with Crippen LogP contribution in [0.1, 0.15) is 15.4 Å². The van der Waals surface area contributed by atoms with E-state index >= 15 is 0 Å². The van der Waals surface area contributed by atoms with Crippen LogP contribution in [-0.4, -0.2) is 41.3 Å². The quantitative estimate of drug-likeness (QED) is 0.822. The second kappa shape index (κ2) is 7.33. The van der Waals surface area contributed by atoms with Crippen molar-refractivity contribution < 1.29 is 9.53 Å². The number of benzene rings is 1. The largest absolute Gasteiger partial charge is 0.383 e. The molecule has 1 aromatic carbocycles. The summed E-state index contributed by atoms with van der Waals surface area (Å²) in [5, 5.41) is 7.75. The summed E-state index contributed by atoms with van der Waals surface area (Å²) in [6.07, 6.45) is 0. The van der Waals surface area contributed by atoms with E-state index in [2.05, 4.69) is 10.2 Å². The molecule has 0 N–H and O–H groups in total. The highest BCUT2D eigenvalue weighted by atomic mass is 35.5. The van der Waals surface area contributed by atoms with Gasteiger partial charge in [0.05, 0.1) is 6.61 Å². The molecular weight excluding hydrogens is 298 g/mol. The zero-order chi connectivity index (χ0) is 14.4. The number of hydrogen-bond donors (Lipinski definition) is 0. The van der Waals surface area contributed by atoms with Gasteiger partial charge in [-0.15, -0.1) is 10.2 Å². The van der Waals surface area contributed by atoms with E-state index in [9.17, 15) is 4.79 Å². The number of halogens is 1. The summed E-state index contributed by atoms with van der Waals surface area (Å²) >= 11 is 6.80. The maximum absolute atomic E-state index is 12.4. The zero-order valence-corrected chi connectivity index (χ0v) is 12.5. The maximum Gasteiger partial charge on any atom is 0.285 e. The second-order valence-corrected chi connectivity index (χ2v) is 5.62. The van der Waals surface area contributed by atoms with Crippen LogP contribution in [0.5, 0.6) is 0 Å². The van der Waals surface area contributed by atoms with Gasteiger partial charge in [-0.2, -0.15) is 0 Å². The van der Waals surface area contributed by atoms with Gasteiger partial charge in [0.25, 0.3) is 5.91 Å². The average Bonchev–Trinajstić information content (AvgIpc) is 2.90. The fourth-order valence-electron chi connectivity index (χ4n) is 1.68. The molecular formula is C13H14ClN3O2S. The molecule has 2 rings (SSSR count). The third-order valence-corrected chi connectivity index (χ3v) is 3.66. The molecule has 1 heterocycles. The van der Waals surface area contributed by atoms with Crippen molar-refractivity contribution in [1.82, 2.24) is 15.1 Å². The van der Waals surface area contributed by atoms with Crippen molar-refractivity contribution in [2.24, 2.45) is 0 Å². The molecule has 0 radical (unpaired) electrons. The topological polar surface area (TPSA) is 55.3 Å². The van der Waals surface area contributed by atoms with Crippen molar-refractivity contribution >= 4 is 28.8 Å². The summed E-state index contributed by atoms with van der Waals surface area (Å²) < 4.78 is 5.31. The predicted molar refractivity (Wildman–Crippen MR) is 78.0 cm³/mol. The lowest BCUT2D eigenvalue weighted by Crippen LogP contribution is -2.33. The molecule has 0 saturated carbocycles. The van der Waals surface area contributed by atoms with Gasteiger partial charge in [-0.1, -0.05) is 41.7 Å². The Labute approximate surface area is 126 Å². The molecule has 0 aliphatic carbocycles. The fraction of sp³-hybridized carbons (Fsp3) is 0.308. The molecule has 7 heteroatoms. The molecule has 0 aliphatic heterocycles. The third kappa shape index (κ3) is 4.00. The van der Waals surface area contributed by atoms with Crippen LogP contribution in [0.4, 0.5) is 0 Å². The first-order valence-corrected chi connectivity index (χ1v) is 7.21. The molecule has 20 heavy (non-hydrogen) atoms. The molecule has 0 aliphatic rings. The average molecular weight is 312 g/mol. The molecule has 0 unspecified atom stereocenters. The molecule has 106 valence electrons. The molecule has 1 amide bonds. The number of hydrogen-bond acceptors (Lipinski definition) is 5. The van der Waals surface area contributed by atoms with E-state index in [0.717, 1.165) is 16.9 Å². The first-order chi connectivity index (χ1) is 9.70. The minimum Gasteiger partial charge on any atom is -0.383 e. The summed E-state index contributed by atoms with van der Waals surface area (Å²) in [7, 11) is 1.60. The smallest absolute Gasteiger partial charge is 0.285 e. The molecule has 0 spiro atoms. The number of methoxy groups -OCH3 is 1. The van der Waals surface area contributed by atoms with Crippen LogP contribution >= 0.6 is 22.9 Å². The van der Waals surface area contributed by atoms with E-state index in [1.54, 1.807) is 12.0 Å². The van der Waals surface area contributed by atoms with Crippen molar-refractivity contribution in [3.05, 3.63) is 45.4 Å². The Morgan fingerprint density at radius 3 is 2.70 bits per heavy atom. The highest BCUT2D eigenvalue weighted by molar-refractivity contribution is 7.17. The number of amides is 1. The van der Waals surface area contributed by atoms with Gasteiger partial charge in [0.1, 0.15) is 0 Å². The highest BCUT2D eigenvalue weighted by Crippen LogP contribution is 2.17. The van der Waals surface area contributed by atoms with Crippen molar-refractivity contribution in [2.75, 3.05) is 20.3 Å². The van der Waals surface area contributed by atoms with Crippen molar-refractivity contribution in [1.29, 1.82) is 0 Å². The minimum absolute atomic E-state index is 0.185. The van der Waals surface area contributed by atoms with Gasteiger partial charge in [0.2, 0.25) is 9.47 Å². The number of nitrogens with zero attached hydrogens (tertiary/aromatic N) is 3. The normalized spacial score (nSPS) is 10.5. The molecule has 0 saturated heterocycles. The Bertz CT molecular complexity index is 562. The first-order valence-electron chi connectivity index (χ1n) is 6.02. The van der Waals surface area contributed by atoms with Crippen LogP contribution in [0.2, 0.25) is 4.47 Å². The maximum atomic E-state index is 12.4. The Morgan fingerprint density at radius 1 is 1.35 bits per heavy atom. The monoisotopic (exact) mass is 311 g/mol. The summed E-state index contributed by atoms with van der Waals surface area (Å²) in [6.45, 7) is 1.45. The summed E-state index contributed by atoms with van der Waals surface area (Å²) in [5.74, 6) is -0.185. The van der Waals surface area contributed by atoms with Crippen molar-refractivity contribution in [3.8, 4) is 0 Å². The number of carbonyl (C=O) groups is 1. The molecule has 0 atom stereocenters. The summed E-state index contributed by atoms with van der Waals surface area (Å²) in [6, 6.07) is 9.77. The lowest BCUT2D eigenvalue weighted by Gasteiger charge is -2.21. The van der Waals surface area contributed by atoms with E-state index < -0.39 is 0 Å². The first kappa shape index (κ1) is 14.9. The van der Waals surface area contributed by atoms with Crippen LogP contribution in [0, 0.1) is 0 Å². The van der Waals surface area contributed by atoms with E-state index in [1.165, 1.54) is 0 Å². The second-order valence-electron chi connectivity index (χ2n) is 4.07. The highest BCUT2D eigenvalue weighted by Gasteiger charge is 2.20. The standard InChI is InChI=1S/C13H14ClN3O2S/c1-19-8-7-17(9-10-5-3-2-4-6-10)12(18)11-15-16-13(14)20-11/h2-6H,7-9H2,1H3. The number of carbonyl (C=O) groups excluding carboxylic acids is 1. The van der Waals surface area contributed by atoms with Gasteiger partial charge < -0.3 is 9.64 Å². The Kier molecular flexibility index (Phi) is 5.46. The van der Waals surface area contributed by atoms with E-state index in [4.69, 9.17) is 16.3 Å². The SMILES string of the molecule is COCCN(Cc1ccccc1)C(=O)c1nnc(Cl)s1. The van der Waals surface area contributed by atoms with Gasteiger partial charge >= 0.3 is 0 Å². The van der Waals surface area contributed by atoms with Crippen LogP contribution in [0.3, 0.4) is 0 Å². The van der Waals surface area contributed by atoms with E-state index in [1.807, 2.05) is 30.3 Å². The lowest BCUT2D eigenvalue weighted by atomic mass is 10.2. The summed E-state index contributed by atoms with van der Waals surface area (Å²) in [4.78, 5) is 14.1. The number of rotatable bonds is 6. The minimum atomic E-state index is -0.185. The number of ether oxygens (including phenoxy) is 1. The fourth-order valence-corrected chi connectivity index (χ4v) is 2.48. The number of aromatic nitrogens is 2. The molecule has 2 aromatic rings. The lowest BCUT2D eigenvalue weighted by molar-refractivity contribution is 0.0679. The molecule has 0 fully saturated rings. The zero-order valence-electron chi connectivity index (χ0n) is 11.0. The Morgan fingerprint density at radius 2 is 2.10 bits per heavy atom. The molecule has 0 bridgehead atoms. The Balaban J connectivity index is 2.12. The van der Waals surface area contributed by atoms with Gasteiger partial charge in [-0.05, 0) is 17.2 Å². The van der Waals surface area contributed by atoms with Crippen molar-refractivity contribution in [2.45, 2.75) is 6.54 Å². The van der Waals surface area contributed by atoms with Crippen molar-refractivity contribution in [3.63, 3.8) is 0 Å². The third-order valence-electron chi connectivity index (χ3n) is 2.65. The Hall–Kier alpha value is -1.50. The van der Waals surface area contributed by atoms with Gasteiger partial charge in [-0.3, -0.25) is 4.79 Å². The predicted octanol–water partition coefficient (Wildman–Crippen LogP) is 2.48. The van der Waals surface area contributed by atoms with Gasteiger partial charge in [0, 0.05) is 20.2 Å². The van der Waals surface area contributed by atoms with Crippen LogP contribution < -0.4 is 0 Å². The van der Waals surface area contributed by atoms with Crippen LogP contribution in [0.15, 0.2) is 30.3 Å². The molecule has 1 aromatic heterocycles. The van der Waals surface area contributed by atoms with Crippen LogP contribution in [-0.2, 0) is 11.3 Å². The van der Waals surface area contributed by atoms with E-state index in [-0.39, 0.29) is 10.4 Å². The molecule has 5 nitrogen and oxygen atoms in total. The van der Waals surface area contributed by atoms with Gasteiger partial charge in [0.15, 0.2) is 0 Å². The summed E-state index contributed by atoms with van der Waals surface area (Å²) in [5.41, 5.74) is 1.05.